The molecule has 2 aromatic rings. The van der Waals surface area contributed by atoms with Crippen LogP contribution in [0.25, 0.3) is 0 Å². The van der Waals surface area contributed by atoms with Gasteiger partial charge >= 0.3 is 0 Å². The van der Waals surface area contributed by atoms with E-state index in [1.165, 1.54) is 0 Å². The molecule has 0 aliphatic carbocycles. The minimum Gasteiger partial charge on any atom is -0.363 e. The van der Waals surface area contributed by atoms with Crippen LogP contribution in [0.3, 0.4) is 0 Å². The van der Waals surface area contributed by atoms with Gasteiger partial charge in [0.25, 0.3) is 0 Å². The molecule has 0 radical (unpaired) electrons. The predicted molar refractivity (Wildman–Crippen MR) is 86.3 cm³/mol. The second-order valence-corrected chi connectivity index (χ2v) is 7.05. The third-order valence-electron chi connectivity index (χ3n) is 3.19. The van der Waals surface area contributed by atoms with Crippen molar-refractivity contribution in [2.24, 2.45) is 0 Å². The molecule has 0 amide bonds. The van der Waals surface area contributed by atoms with Gasteiger partial charge in [0.2, 0.25) is 10.0 Å². The first-order chi connectivity index (χ1) is 10.3. The van der Waals surface area contributed by atoms with E-state index in [1.54, 1.807) is 31.3 Å². The summed E-state index contributed by atoms with van der Waals surface area (Å²) in [6.45, 7) is 3.76. The molecule has 1 heterocycles. The monoisotopic (exact) mass is 320 g/mol. The number of nitrogens with one attached hydrogen (secondary N) is 1. The molecule has 118 valence electrons. The van der Waals surface area contributed by atoms with E-state index < -0.39 is 10.0 Å². The highest BCUT2D eigenvalue weighted by Crippen LogP contribution is 2.16. The Morgan fingerprint density at radius 1 is 1.18 bits per heavy atom. The molecule has 0 unspecified atom stereocenters. The topological polar surface area (TPSA) is 75.2 Å². The van der Waals surface area contributed by atoms with Crippen molar-refractivity contribution in [3.8, 4) is 0 Å². The number of aryl methyl sites for hydroxylation is 2. The lowest BCUT2D eigenvalue weighted by Crippen LogP contribution is -2.25. The number of hydrogen-bond donors (Lipinski definition) is 1. The van der Waals surface area contributed by atoms with Crippen molar-refractivity contribution in [1.82, 2.24) is 14.7 Å². The van der Waals surface area contributed by atoms with Gasteiger partial charge in [-0.2, -0.15) is 0 Å². The van der Waals surface area contributed by atoms with Crippen molar-refractivity contribution >= 4 is 15.8 Å². The first kappa shape index (κ1) is 16.4. The van der Waals surface area contributed by atoms with Crippen LogP contribution in [0.5, 0.6) is 0 Å². The maximum atomic E-state index is 12.4. The van der Waals surface area contributed by atoms with Crippen LogP contribution in [-0.2, 0) is 16.6 Å². The molecule has 0 saturated carbocycles. The molecule has 0 saturated heterocycles. The minimum absolute atomic E-state index is 0.0529. The van der Waals surface area contributed by atoms with Crippen molar-refractivity contribution in [2.75, 3.05) is 19.0 Å². The van der Waals surface area contributed by atoms with Gasteiger partial charge in [0.05, 0.1) is 11.4 Å². The number of benzene rings is 1. The normalized spacial score (nSPS) is 11.5. The van der Waals surface area contributed by atoms with Crippen molar-refractivity contribution < 1.29 is 8.42 Å². The molecule has 0 atom stereocenters. The Balaban J connectivity index is 2.18. The average molecular weight is 320 g/mol. The molecule has 7 heteroatoms. The Labute approximate surface area is 131 Å². The van der Waals surface area contributed by atoms with Crippen LogP contribution < -0.4 is 9.62 Å². The van der Waals surface area contributed by atoms with Gasteiger partial charge in [-0.3, -0.25) is 0 Å². The molecule has 0 aliphatic heterocycles. The number of aromatic nitrogens is 2. The van der Waals surface area contributed by atoms with Gasteiger partial charge in [0, 0.05) is 20.3 Å². The van der Waals surface area contributed by atoms with E-state index in [1.807, 2.05) is 32.0 Å². The smallest absolute Gasteiger partial charge is 0.241 e. The predicted octanol–water partition coefficient (Wildman–Crippen LogP) is 1.64. The fourth-order valence-corrected chi connectivity index (χ4v) is 3.27. The first-order valence-electron chi connectivity index (χ1n) is 6.86. The molecule has 1 aromatic carbocycles. The summed E-state index contributed by atoms with van der Waals surface area (Å²) in [6, 6.07) is 7.01. The van der Waals surface area contributed by atoms with Crippen molar-refractivity contribution in [3.63, 3.8) is 0 Å². The van der Waals surface area contributed by atoms with Gasteiger partial charge in [-0.1, -0.05) is 17.7 Å². The molecule has 0 aliphatic rings. The zero-order valence-electron chi connectivity index (χ0n) is 13.2. The number of rotatable bonds is 5. The van der Waals surface area contributed by atoms with E-state index in [4.69, 9.17) is 0 Å². The Morgan fingerprint density at radius 2 is 1.91 bits per heavy atom. The summed E-state index contributed by atoms with van der Waals surface area (Å²) in [6.07, 6.45) is 1.61. The van der Waals surface area contributed by atoms with Crippen molar-refractivity contribution in [3.05, 3.63) is 47.4 Å². The first-order valence-corrected chi connectivity index (χ1v) is 8.34. The average Bonchev–Trinajstić information content (AvgIpc) is 2.45. The fourth-order valence-electron chi connectivity index (χ4n) is 2.06. The Morgan fingerprint density at radius 3 is 2.55 bits per heavy atom. The molecule has 6 nitrogen and oxygen atoms in total. The van der Waals surface area contributed by atoms with E-state index in [0.717, 1.165) is 16.9 Å². The molecule has 2 rings (SSSR count). The Bertz CT molecular complexity index is 773. The Kier molecular flexibility index (Phi) is 4.77. The number of sulfonamides is 1. The van der Waals surface area contributed by atoms with Crippen molar-refractivity contribution in [1.29, 1.82) is 0 Å². The van der Waals surface area contributed by atoms with Crippen LogP contribution in [-0.4, -0.2) is 32.5 Å². The van der Waals surface area contributed by atoms with Crippen LogP contribution in [0.15, 0.2) is 35.4 Å². The fraction of sp³-hybridized carbons (Fsp3) is 0.333. The molecule has 0 spiro atoms. The van der Waals surface area contributed by atoms with Gasteiger partial charge < -0.3 is 4.90 Å². The number of nitrogens with zero attached hydrogens (tertiary/aromatic N) is 3. The van der Waals surface area contributed by atoms with Crippen molar-refractivity contribution in [2.45, 2.75) is 25.3 Å². The number of anilines is 1. The molecule has 1 N–H and O–H groups in total. The summed E-state index contributed by atoms with van der Waals surface area (Å²) in [4.78, 5) is 10.5. The van der Waals surface area contributed by atoms with E-state index in [-0.39, 0.29) is 11.4 Å². The standard InChI is InChI=1S/C15H20N4O2S/c1-11-5-6-13(12(2)9-11)22(20,21)17-10-14-16-8-7-15(18-14)19(3)4/h5-9,17H,10H2,1-4H3. The zero-order valence-corrected chi connectivity index (χ0v) is 14.0. The summed E-state index contributed by atoms with van der Waals surface area (Å²) < 4.78 is 27.3. The van der Waals surface area contributed by atoms with Gasteiger partial charge in [-0.15, -0.1) is 0 Å². The van der Waals surface area contributed by atoms with Gasteiger partial charge in [0.1, 0.15) is 11.6 Å². The summed E-state index contributed by atoms with van der Waals surface area (Å²) in [7, 11) is 0.151. The van der Waals surface area contributed by atoms with Crippen LogP contribution >= 0.6 is 0 Å². The van der Waals surface area contributed by atoms with E-state index in [2.05, 4.69) is 14.7 Å². The molecular formula is C15H20N4O2S. The molecular weight excluding hydrogens is 300 g/mol. The number of hydrogen-bond acceptors (Lipinski definition) is 5. The summed E-state index contributed by atoms with van der Waals surface area (Å²) in [5.41, 5.74) is 1.74. The molecule has 22 heavy (non-hydrogen) atoms. The highest BCUT2D eigenvalue weighted by molar-refractivity contribution is 7.89. The van der Waals surface area contributed by atoms with Crippen LogP contribution in [0.4, 0.5) is 5.82 Å². The van der Waals surface area contributed by atoms with Crippen LogP contribution in [0.2, 0.25) is 0 Å². The van der Waals surface area contributed by atoms with Gasteiger partial charge in [-0.25, -0.2) is 23.1 Å². The highest BCUT2D eigenvalue weighted by Gasteiger charge is 2.17. The third kappa shape index (κ3) is 3.80. The lowest BCUT2D eigenvalue weighted by Gasteiger charge is -2.12. The Hall–Kier alpha value is -1.99. The second kappa shape index (κ2) is 6.41. The minimum atomic E-state index is -3.58. The SMILES string of the molecule is Cc1ccc(S(=O)(=O)NCc2nccc(N(C)C)n2)c(C)c1. The molecule has 0 bridgehead atoms. The molecule has 1 aromatic heterocycles. The summed E-state index contributed by atoms with van der Waals surface area (Å²) >= 11 is 0. The maximum absolute atomic E-state index is 12.4. The van der Waals surface area contributed by atoms with Crippen LogP contribution in [0.1, 0.15) is 17.0 Å². The summed E-state index contributed by atoms with van der Waals surface area (Å²) in [5.74, 6) is 1.16. The van der Waals surface area contributed by atoms with E-state index in [9.17, 15) is 8.42 Å². The quantitative estimate of drug-likeness (QED) is 0.906. The largest absolute Gasteiger partial charge is 0.363 e. The summed E-state index contributed by atoms with van der Waals surface area (Å²) in [5, 5.41) is 0. The highest BCUT2D eigenvalue weighted by atomic mass is 32.2. The lowest BCUT2D eigenvalue weighted by molar-refractivity contribution is 0.578. The van der Waals surface area contributed by atoms with E-state index in [0.29, 0.717) is 5.82 Å². The maximum Gasteiger partial charge on any atom is 0.241 e. The molecule has 0 fully saturated rings. The third-order valence-corrected chi connectivity index (χ3v) is 4.75. The van der Waals surface area contributed by atoms with Gasteiger partial charge in [-0.05, 0) is 31.5 Å². The van der Waals surface area contributed by atoms with Gasteiger partial charge in [0.15, 0.2) is 0 Å². The van der Waals surface area contributed by atoms with E-state index >= 15 is 0 Å². The van der Waals surface area contributed by atoms with Crippen LogP contribution in [0, 0.1) is 13.8 Å². The zero-order chi connectivity index (χ0) is 16.3. The second-order valence-electron chi connectivity index (χ2n) is 5.32. The lowest BCUT2D eigenvalue weighted by atomic mass is 10.2.